The van der Waals surface area contributed by atoms with Gasteiger partial charge in [-0.3, -0.25) is 9.59 Å². The van der Waals surface area contributed by atoms with Gasteiger partial charge in [-0.15, -0.1) is 0 Å². The number of ketones is 1. The van der Waals surface area contributed by atoms with Gasteiger partial charge in [-0.1, -0.05) is 23.8 Å². The highest BCUT2D eigenvalue weighted by Crippen LogP contribution is 2.27. The van der Waals surface area contributed by atoms with Crippen molar-refractivity contribution < 1.29 is 14.3 Å². The van der Waals surface area contributed by atoms with E-state index in [4.69, 9.17) is 4.74 Å². The molecular formula is C21H31NO3. The summed E-state index contributed by atoms with van der Waals surface area (Å²) in [4.78, 5) is 27.1. The SMILES string of the molecule is COC(=O)C(CC(=O)Cc1cc(C)ccc1C)CC1CCN(C)CC1. The van der Waals surface area contributed by atoms with Crippen LogP contribution in [0, 0.1) is 25.7 Å². The number of carbonyl (C=O) groups is 2. The Morgan fingerprint density at radius 1 is 1.24 bits per heavy atom. The maximum Gasteiger partial charge on any atom is 0.309 e. The Kier molecular flexibility index (Phi) is 7.18. The summed E-state index contributed by atoms with van der Waals surface area (Å²) in [6.07, 6.45) is 3.63. The van der Waals surface area contributed by atoms with Crippen LogP contribution in [0.25, 0.3) is 0 Å². The molecule has 1 aromatic rings. The summed E-state index contributed by atoms with van der Waals surface area (Å²) >= 11 is 0. The fourth-order valence-corrected chi connectivity index (χ4v) is 3.68. The normalized spacial score (nSPS) is 17.3. The average molecular weight is 345 g/mol. The lowest BCUT2D eigenvalue weighted by Crippen LogP contribution is -2.32. The zero-order valence-electron chi connectivity index (χ0n) is 16.0. The Bertz CT molecular complexity index is 603. The molecule has 4 nitrogen and oxygen atoms in total. The standard InChI is InChI=1S/C21H31NO3/c1-15-5-6-16(2)18(11-15)13-20(23)14-19(21(24)25-4)12-17-7-9-22(3)10-8-17/h5-6,11,17,19H,7-10,12-14H2,1-4H3. The van der Waals surface area contributed by atoms with Crippen LogP contribution in [0.1, 0.15) is 42.4 Å². The fraction of sp³-hybridized carbons (Fsp3) is 0.619. The summed E-state index contributed by atoms with van der Waals surface area (Å²) in [6.45, 7) is 6.19. The van der Waals surface area contributed by atoms with Crippen LogP contribution in [0.3, 0.4) is 0 Å². The maximum atomic E-state index is 12.6. The molecule has 1 atom stereocenters. The molecule has 0 spiro atoms. The van der Waals surface area contributed by atoms with Crippen LogP contribution in [0.2, 0.25) is 0 Å². The van der Waals surface area contributed by atoms with Crippen molar-refractivity contribution >= 4 is 11.8 Å². The summed E-state index contributed by atoms with van der Waals surface area (Å²) in [6, 6.07) is 6.17. The predicted molar refractivity (Wildman–Crippen MR) is 99.6 cm³/mol. The fourth-order valence-electron chi connectivity index (χ4n) is 3.68. The summed E-state index contributed by atoms with van der Waals surface area (Å²) in [7, 11) is 3.54. The topological polar surface area (TPSA) is 46.6 Å². The second kappa shape index (κ2) is 9.14. The average Bonchev–Trinajstić information content (AvgIpc) is 2.58. The number of Topliss-reactive ketones (excluding diaryl/α,β-unsaturated/α-hetero) is 1. The first-order valence-electron chi connectivity index (χ1n) is 9.23. The van der Waals surface area contributed by atoms with Gasteiger partial charge in [0.2, 0.25) is 0 Å². The van der Waals surface area contributed by atoms with E-state index in [2.05, 4.69) is 24.1 Å². The molecule has 1 unspecified atom stereocenters. The van der Waals surface area contributed by atoms with E-state index in [1.54, 1.807) is 0 Å². The smallest absolute Gasteiger partial charge is 0.309 e. The van der Waals surface area contributed by atoms with Crippen molar-refractivity contribution in [3.8, 4) is 0 Å². The third-order valence-corrected chi connectivity index (χ3v) is 5.36. The molecule has 0 aromatic heterocycles. The molecule has 0 aliphatic carbocycles. The molecule has 1 aromatic carbocycles. The molecule has 1 fully saturated rings. The van der Waals surface area contributed by atoms with Crippen LogP contribution >= 0.6 is 0 Å². The largest absolute Gasteiger partial charge is 0.469 e. The number of hydrogen-bond donors (Lipinski definition) is 0. The minimum atomic E-state index is -0.309. The van der Waals surface area contributed by atoms with Crippen molar-refractivity contribution in [3.05, 3.63) is 34.9 Å². The predicted octanol–water partition coefficient (Wildman–Crippen LogP) is 3.33. The van der Waals surface area contributed by atoms with Gasteiger partial charge >= 0.3 is 5.97 Å². The second-order valence-electron chi connectivity index (χ2n) is 7.55. The Morgan fingerprint density at radius 2 is 1.92 bits per heavy atom. The number of carbonyl (C=O) groups excluding carboxylic acids is 2. The summed E-state index contributed by atoms with van der Waals surface area (Å²) in [5.74, 6) is 0.0788. The number of methoxy groups -OCH3 is 1. The van der Waals surface area contributed by atoms with Gasteiger partial charge in [0.1, 0.15) is 5.78 Å². The number of nitrogens with zero attached hydrogens (tertiary/aromatic N) is 1. The van der Waals surface area contributed by atoms with Crippen LogP contribution in [0.5, 0.6) is 0 Å². The van der Waals surface area contributed by atoms with Gasteiger partial charge in [0.25, 0.3) is 0 Å². The molecule has 1 saturated heterocycles. The van der Waals surface area contributed by atoms with Gasteiger partial charge in [-0.05, 0) is 70.3 Å². The highest BCUT2D eigenvalue weighted by molar-refractivity contribution is 5.86. The molecule has 0 saturated carbocycles. The number of esters is 1. The molecular weight excluding hydrogens is 314 g/mol. The van der Waals surface area contributed by atoms with Crippen molar-refractivity contribution in [1.82, 2.24) is 4.90 Å². The molecule has 2 rings (SSSR count). The van der Waals surface area contributed by atoms with E-state index in [-0.39, 0.29) is 24.1 Å². The van der Waals surface area contributed by atoms with Crippen molar-refractivity contribution in [2.24, 2.45) is 11.8 Å². The van der Waals surface area contributed by atoms with Crippen LogP contribution < -0.4 is 0 Å². The van der Waals surface area contributed by atoms with E-state index in [9.17, 15) is 9.59 Å². The first kappa shape index (κ1) is 19.6. The summed E-state index contributed by atoms with van der Waals surface area (Å²) in [5.41, 5.74) is 3.35. The number of ether oxygens (including phenoxy) is 1. The van der Waals surface area contributed by atoms with Gasteiger partial charge in [0, 0.05) is 12.8 Å². The molecule has 0 bridgehead atoms. The van der Waals surface area contributed by atoms with Crippen LogP contribution in [0.15, 0.2) is 18.2 Å². The second-order valence-corrected chi connectivity index (χ2v) is 7.55. The van der Waals surface area contributed by atoms with E-state index in [0.717, 1.165) is 49.0 Å². The number of hydrogen-bond acceptors (Lipinski definition) is 4. The molecule has 1 aliphatic heterocycles. The number of benzene rings is 1. The van der Waals surface area contributed by atoms with Crippen molar-refractivity contribution in [2.45, 2.75) is 46.0 Å². The van der Waals surface area contributed by atoms with E-state index in [1.165, 1.54) is 7.11 Å². The Morgan fingerprint density at radius 3 is 2.56 bits per heavy atom. The van der Waals surface area contributed by atoms with E-state index < -0.39 is 0 Å². The molecule has 0 amide bonds. The molecule has 4 heteroatoms. The van der Waals surface area contributed by atoms with Crippen LogP contribution in [0.4, 0.5) is 0 Å². The number of rotatable bonds is 7. The molecule has 25 heavy (non-hydrogen) atoms. The van der Waals surface area contributed by atoms with Crippen LogP contribution in [-0.4, -0.2) is 43.9 Å². The molecule has 1 aliphatic rings. The zero-order valence-corrected chi connectivity index (χ0v) is 16.0. The Balaban J connectivity index is 1.97. The van der Waals surface area contributed by atoms with Crippen molar-refractivity contribution in [1.29, 1.82) is 0 Å². The highest BCUT2D eigenvalue weighted by atomic mass is 16.5. The number of aryl methyl sites for hydroxylation is 2. The first-order chi connectivity index (χ1) is 11.9. The van der Waals surface area contributed by atoms with Crippen molar-refractivity contribution in [3.63, 3.8) is 0 Å². The van der Waals surface area contributed by atoms with E-state index in [1.807, 2.05) is 19.9 Å². The monoisotopic (exact) mass is 345 g/mol. The number of piperidine rings is 1. The van der Waals surface area contributed by atoms with E-state index in [0.29, 0.717) is 12.3 Å². The number of likely N-dealkylation sites (tertiary alicyclic amines) is 1. The van der Waals surface area contributed by atoms with E-state index >= 15 is 0 Å². The summed E-state index contributed by atoms with van der Waals surface area (Å²) < 4.78 is 4.97. The highest BCUT2D eigenvalue weighted by Gasteiger charge is 2.28. The molecule has 1 heterocycles. The van der Waals surface area contributed by atoms with Crippen molar-refractivity contribution in [2.75, 3.05) is 27.2 Å². The lowest BCUT2D eigenvalue weighted by atomic mass is 9.84. The minimum absolute atomic E-state index is 0.122. The molecule has 138 valence electrons. The van der Waals surface area contributed by atoms with Crippen LogP contribution in [-0.2, 0) is 20.7 Å². The third-order valence-electron chi connectivity index (χ3n) is 5.36. The van der Waals surface area contributed by atoms with Gasteiger partial charge in [0.15, 0.2) is 0 Å². The Labute approximate surface area is 151 Å². The summed E-state index contributed by atoms with van der Waals surface area (Å²) in [5, 5.41) is 0. The lowest BCUT2D eigenvalue weighted by molar-refractivity contribution is -0.148. The third kappa shape index (κ3) is 5.96. The quantitative estimate of drug-likeness (QED) is 0.711. The lowest BCUT2D eigenvalue weighted by Gasteiger charge is -2.30. The Hall–Kier alpha value is -1.68. The zero-order chi connectivity index (χ0) is 18.4. The van der Waals surface area contributed by atoms with Gasteiger partial charge in [-0.2, -0.15) is 0 Å². The first-order valence-corrected chi connectivity index (χ1v) is 9.23. The minimum Gasteiger partial charge on any atom is -0.469 e. The molecule has 0 N–H and O–H groups in total. The van der Waals surface area contributed by atoms with Gasteiger partial charge in [-0.25, -0.2) is 0 Å². The molecule has 0 radical (unpaired) electrons. The van der Waals surface area contributed by atoms with Gasteiger partial charge in [0.05, 0.1) is 13.0 Å². The van der Waals surface area contributed by atoms with Gasteiger partial charge < -0.3 is 9.64 Å². The maximum absolute atomic E-state index is 12.6.